The van der Waals surface area contributed by atoms with Gasteiger partial charge in [0.2, 0.25) is 0 Å². The van der Waals surface area contributed by atoms with Gasteiger partial charge in [0.25, 0.3) is 0 Å². The third-order valence-corrected chi connectivity index (χ3v) is 2.85. The second kappa shape index (κ2) is 4.60. The second-order valence-electron chi connectivity index (χ2n) is 4.02. The molecule has 0 atom stereocenters. The molecule has 2 heterocycles. The van der Waals surface area contributed by atoms with Gasteiger partial charge in [0.1, 0.15) is 5.82 Å². The van der Waals surface area contributed by atoms with Crippen molar-refractivity contribution in [3.63, 3.8) is 0 Å². The Morgan fingerprint density at radius 1 is 1.26 bits per heavy atom. The van der Waals surface area contributed by atoms with Crippen molar-refractivity contribution in [1.29, 1.82) is 0 Å². The van der Waals surface area contributed by atoms with E-state index in [1.165, 1.54) is 6.07 Å². The van der Waals surface area contributed by atoms with Crippen LogP contribution >= 0.6 is 0 Å². The molecular formula is C12H11FN6. The van der Waals surface area contributed by atoms with Crippen molar-refractivity contribution in [3.8, 4) is 0 Å². The van der Waals surface area contributed by atoms with E-state index in [-0.39, 0.29) is 5.82 Å². The number of rotatable bonds is 3. The maximum absolute atomic E-state index is 13.6. The molecule has 0 amide bonds. The Labute approximate surface area is 108 Å². The van der Waals surface area contributed by atoms with Gasteiger partial charge in [0, 0.05) is 12.6 Å². The van der Waals surface area contributed by atoms with Crippen LogP contribution in [0.15, 0.2) is 30.6 Å². The molecule has 0 fully saturated rings. The second-order valence-corrected chi connectivity index (χ2v) is 4.02. The van der Waals surface area contributed by atoms with E-state index >= 15 is 0 Å². The fraction of sp³-hybridized carbons (Fsp3) is 0.167. The first-order valence-corrected chi connectivity index (χ1v) is 5.75. The summed E-state index contributed by atoms with van der Waals surface area (Å²) in [6, 6.07) is 6.62. The first kappa shape index (κ1) is 11.5. The van der Waals surface area contributed by atoms with Gasteiger partial charge >= 0.3 is 0 Å². The summed E-state index contributed by atoms with van der Waals surface area (Å²) in [6.45, 7) is 0.352. The van der Waals surface area contributed by atoms with Crippen LogP contribution in [0.25, 0.3) is 11.2 Å². The topological polar surface area (TPSA) is 68.5 Å². The lowest BCUT2D eigenvalue weighted by Gasteiger charge is -2.04. The third-order valence-electron chi connectivity index (χ3n) is 2.85. The lowest BCUT2D eigenvalue weighted by atomic mass is 10.2. The minimum atomic E-state index is -0.250. The molecule has 0 aliphatic carbocycles. The summed E-state index contributed by atoms with van der Waals surface area (Å²) in [7, 11) is 1.74. The van der Waals surface area contributed by atoms with Gasteiger partial charge in [-0.2, -0.15) is 0 Å². The molecule has 0 radical (unpaired) electrons. The molecule has 0 unspecified atom stereocenters. The molecule has 19 heavy (non-hydrogen) atoms. The first-order valence-electron chi connectivity index (χ1n) is 5.75. The van der Waals surface area contributed by atoms with E-state index in [2.05, 4.69) is 25.7 Å². The summed E-state index contributed by atoms with van der Waals surface area (Å²) >= 11 is 0. The van der Waals surface area contributed by atoms with Crippen LogP contribution in [0.2, 0.25) is 0 Å². The summed E-state index contributed by atoms with van der Waals surface area (Å²) in [6.07, 6.45) is 1.61. The first-order chi connectivity index (χ1) is 9.29. The van der Waals surface area contributed by atoms with Gasteiger partial charge in [-0.05, 0) is 11.3 Å². The summed E-state index contributed by atoms with van der Waals surface area (Å²) in [4.78, 5) is 4.23. The summed E-state index contributed by atoms with van der Waals surface area (Å²) in [5.74, 6) is 0.303. The molecule has 1 N–H and O–H groups in total. The smallest absolute Gasteiger partial charge is 0.188 e. The highest BCUT2D eigenvalue weighted by molar-refractivity contribution is 5.81. The number of hydrogen-bond acceptors (Lipinski definition) is 5. The normalized spacial score (nSPS) is 10.8. The van der Waals surface area contributed by atoms with Crippen molar-refractivity contribution in [1.82, 2.24) is 25.0 Å². The Kier molecular flexibility index (Phi) is 2.79. The van der Waals surface area contributed by atoms with Crippen LogP contribution in [-0.2, 0) is 6.54 Å². The largest absolute Gasteiger partial charge is 0.370 e. The third kappa shape index (κ3) is 1.99. The average molecular weight is 258 g/mol. The van der Waals surface area contributed by atoms with E-state index in [0.717, 1.165) is 0 Å². The zero-order valence-corrected chi connectivity index (χ0v) is 10.2. The molecule has 0 saturated heterocycles. The molecule has 3 rings (SSSR count). The Morgan fingerprint density at radius 3 is 2.89 bits per heavy atom. The maximum atomic E-state index is 13.6. The molecule has 6 nitrogen and oxygen atoms in total. The number of nitrogens with zero attached hydrogens (tertiary/aromatic N) is 5. The van der Waals surface area contributed by atoms with Crippen LogP contribution in [0.3, 0.4) is 0 Å². The van der Waals surface area contributed by atoms with Gasteiger partial charge in [-0.1, -0.05) is 18.2 Å². The molecule has 1 aromatic carbocycles. The lowest BCUT2D eigenvalue weighted by Crippen LogP contribution is -2.04. The Balaban J connectivity index is 2.05. The Morgan fingerprint density at radius 2 is 2.11 bits per heavy atom. The van der Waals surface area contributed by atoms with Crippen LogP contribution in [-0.4, -0.2) is 32.0 Å². The van der Waals surface area contributed by atoms with Crippen molar-refractivity contribution in [2.24, 2.45) is 0 Å². The number of hydrogen-bond donors (Lipinski definition) is 1. The van der Waals surface area contributed by atoms with Gasteiger partial charge in [-0.25, -0.2) is 9.37 Å². The van der Waals surface area contributed by atoms with Crippen LogP contribution in [0.5, 0.6) is 0 Å². The lowest BCUT2D eigenvalue weighted by molar-refractivity contribution is 0.600. The van der Waals surface area contributed by atoms with Crippen LogP contribution in [0, 0.1) is 5.82 Å². The zero-order valence-electron chi connectivity index (χ0n) is 10.2. The summed E-state index contributed by atoms with van der Waals surface area (Å²) in [5.41, 5.74) is 1.77. The minimum absolute atomic E-state index is 0.250. The molecule has 2 aromatic heterocycles. The number of benzene rings is 1. The van der Waals surface area contributed by atoms with Gasteiger partial charge in [-0.3, -0.25) is 0 Å². The van der Waals surface area contributed by atoms with Crippen LogP contribution in [0.4, 0.5) is 10.2 Å². The van der Waals surface area contributed by atoms with E-state index in [4.69, 9.17) is 0 Å². The molecule has 0 saturated carbocycles. The number of anilines is 1. The fourth-order valence-electron chi connectivity index (χ4n) is 1.90. The molecular weight excluding hydrogens is 247 g/mol. The molecule has 0 bridgehead atoms. The number of imidazole rings is 1. The van der Waals surface area contributed by atoms with Gasteiger partial charge < -0.3 is 9.88 Å². The molecule has 0 spiro atoms. The van der Waals surface area contributed by atoms with E-state index in [1.54, 1.807) is 36.1 Å². The Bertz CT molecular complexity index is 723. The monoisotopic (exact) mass is 258 g/mol. The molecule has 0 aliphatic rings. The van der Waals surface area contributed by atoms with E-state index < -0.39 is 0 Å². The fourth-order valence-corrected chi connectivity index (χ4v) is 1.90. The summed E-state index contributed by atoms with van der Waals surface area (Å²) in [5, 5.41) is 14.4. The van der Waals surface area contributed by atoms with Crippen molar-refractivity contribution >= 4 is 17.0 Å². The molecule has 0 aliphatic heterocycles. The number of aromatic nitrogens is 5. The van der Waals surface area contributed by atoms with Gasteiger partial charge in [0.05, 0.1) is 12.9 Å². The molecule has 3 aromatic rings. The van der Waals surface area contributed by atoms with Crippen LogP contribution < -0.4 is 5.32 Å². The SMILES string of the molecule is CNc1nnnc2c1ncn2Cc1ccccc1F. The molecule has 96 valence electrons. The van der Waals surface area contributed by atoms with Crippen molar-refractivity contribution < 1.29 is 4.39 Å². The van der Waals surface area contributed by atoms with E-state index in [0.29, 0.717) is 29.1 Å². The predicted molar refractivity (Wildman–Crippen MR) is 68.2 cm³/mol. The maximum Gasteiger partial charge on any atom is 0.188 e. The predicted octanol–water partition coefficient (Wildman–Crippen LogP) is 1.45. The van der Waals surface area contributed by atoms with Crippen molar-refractivity contribution in [3.05, 3.63) is 42.0 Å². The minimum Gasteiger partial charge on any atom is -0.370 e. The highest BCUT2D eigenvalue weighted by Gasteiger charge is 2.11. The average Bonchev–Trinajstić information content (AvgIpc) is 2.84. The van der Waals surface area contributed by atoms with Crippen molar-refractivity contribution in [2.45, 2.75) is 6.54 Å². The standard InChI is InChI=1S/C12H11FN6/c1-14-11-10-12(17-18-16-11)19(7-15-10)6-8-4-2-3-5-9(8)13/h2-5,7H,6H2,1H3,(H,14,16,17). The van der Waals surface area contributed by atoms with Crippen LogP contribution in [0.1, 0.15) is 5.56 Å². The zero-order chi connectivity index (χ0) is 13.2. The highest BCUT2D eigenvalue weighted by Crippen LogP contribution is 2.17. The highest BCUT2D eigenvalue weighted by atomic mass is 19.1. The number of halogens is 1. The van der Waals surface area contributed by atoms with Gasteiger partial charge in [0.15, 0.2) is 17.0 Å². The number of fused-ring (bicyclic) bond motifs is 1. The van der Waals surface area contributed by atoms with Gasteiger partial charge in [-0.15, -0.1) is 10.2 Å². The number of nitrogens with one attached hydrogen (secondary N) is 1. The van der Waals surface area contributed by atoms with Crippen molar-refractivity contribution in [2.75, 3.05) is 12.4 Å². The Hall–Kier alpha value is -2.57. The molecule has 7 heteroatoms. The summed E-state index contributed by atoms with van der Waals surface area (Å²) < 4.78 is 15.4. The van der Waals surface area contributed by atoms with E-state index in [9.17, 15) is 4.39 Å². The quantitative estimate of drug-likeness (QED) is 0.770. The van der Waals surface area contributed by atoms with E-state index in [1.807, 2.05) is 0 Å².